The molecule has 2 aromatic rings. The van der Waals surface area contributed by atoms with Crippen molar-refractivity contribution < 1.29 is 9.90 Å². The lowest BCUT2D eigenvalue weighted by atomic mass is 9.99. The summed E-state index contributed by atoms with van der Waals surface area (Å²) in [6.45, 7) is 4.40. The molecule has 134 valence electrons. The highest BCUT2D eigenvalue weighted by Crippen LogP contribution is 2.25. The fourth-order valence-electron chi connectivity index (χ4n) is 3.15. The van der Waals surface area contributed by atoms with Crippen molar-refractivity contribution in [3.05, 3.63) is 70.2 Å². The Balaban J connectivity index is 1.89. The molecule has 0 bridgehead atoms. The van der Waals surface area contributed by atoms with Gasteiger partial charge in [-0.1, -0.05) is 53.8 Å². The van der Waals surface area contributed by atoms with Crippen LogP contribution in [0.5, 0.6) is 0 Å². The highest BCUT2D eigenvalue weighted by atomic mass is 35.5. The summed E-state index contributed by atoms with van der Waals surface area (Å²) >= 11 is 6.06. The molecule has 1 heterocycles. The predicted molar refractivity (Wildman–Crippen MR) is 103 cm³/mol. The minimum atomic E-state index is -0.859. The van der Waals surface area contributed by atoms with Crippen LogP contribution in [0.2, 0.25) is 5.02 Å². The molecule has 1 amide bonds. The van der Waals surface area contributed by atoms with Crippen LogP contribution in [0.4, 0.5) is 4.79 Å². The number of amides is 1. The molecule has 2 aromatic carbocycles. The van der Waals surface area contributed by atoms with Crippen molar-refractivity contribution in [3.63, 3.8) is 0 Å². The molecule has 5 heteroatoms. The molecule has 0 aromatic heterocycles. The van der Waals surface area contributed by atoms with Crippen LogP contribution in [0, 0.1) is 18.8 Å². The van der Waals surface area contributed by atoms with Gasteiger partial charge < -0.3 is 10.0 Å². The van der Waals surface area contributed by atoms with Crippen molar-refractivity contribution in [1.82, 2.24) is 9.80 Å². The number of benzene rings is 2. The summed E-state index contributed by atoms with van der Waals surface area (Å²) in [4.78, 5) is 14.9. The van der Waals surface area contributed by atoms with Crippen molar-refractivity contribution in [1.29, 1.82) is 0 Å². The van der Waals surface area contributed by atoms with Crippen LogP contribution >= 0.6 is 11.6 Å². The Labute approximate surface area is 159 Å². The van der Waals surface area contributed by atoms with E-state index in [9.17, 15) is 4.79 Å². The maximum absolute atomic E-state index is 11.2. The molecule has 1 aliphatic rings. The van der Waals surface area contributed by atoms with Crippen LogP contribution in [0.1, 0.15) is 22.7 Å². The van der Waals surface area contributed by atoms with Gasteiger partial charge in [0.2, 0.25) is 0 Å². The average Bonchev–Trinajstić information content (AvgIpc) is 2.64. The van der Waals surface area contributed by atoms with Gasteiger partial charge in [-0.3, -0.25) is 4.90 Å². The highest BCUT2D eigenvalue weighted by Gasteiger charge is 2.26. The van der Waals surface area contributed by atoms with E-state index in [0.717, 1.165) is 11.1 Å². The molecule has 1 unspecified atom stereocenters. The quantitative estimate of drug-likeness (QED) is 0.814. The smallest absolute Gasteiger partial charge is 0.407 e. The SMILES string of the molecule is Cc1ccccc1C(C#Cc1cccc(Cl)c1)N1CCN(C(=O)O)CC1. The lowest BCUT2D eigenvalue weighted by molar-refractivity contribution is 0.0961. The zero-order valence-electron chi connectivity index (χ0n) is 14.7. The van der Waals surface area contributed by atoms with Crippen LogP contribution in [0.25, 0.3) is 0 Å². The van der Waals surface area contributed by atoms with Gasteiger partial charge in [-0.15, -0.1) is 0 Å². The second kappa shape index (κ2) is 8.27. The number of carboxylic acid groups (broad SMARTS) is 1. The third-order valence-corrected chi connectivity index (χ3v) is 4.85. The van der Waals surface area contributed by atoms with E-state index in [2.05, 4.69) is 35.8 Å². The number of aryl methyl sites for hydroxylation is 1. The van der Waals surface area contributed by atoms with Gasteiger partial charge in [-0.25, -0.2) is 4.79 Å². The van der Waals surface area contributed by atoms with Gasteiger partial charge in [0.05, 0.1) is 6.04 Å². The van der Waals surface area contributed by atoms with Crippen LogP contribution < -0.4 is 0 Å². The monoisotopic (exact) mass is 368 g/mol. The van der Waals surface area contributed by atoms with E-state index in [4.69, 9.17) is 16.7 Å². The third kappa shape index (κ3) is 4.37. The molecule has 3 rings (SSSR count). The Morgan fingerprint density at radius 1 is 1.12 bits per heavy atom. The number of halogens is 1. The molecule has 0 radical (unpaired) electrons. The fraction of sp³-hybridized carbons (Fsp3) is 0.286. The van der Waals surface area contributed by atoms with Crippen molar-refractivity contribution in [2.75, 3.05) is 26.2 Å². The molecule has 1 fully saturated rings. The van der Waals surface area contributed by atoms with Gasteiger partial charge in [-0.2, -0.15) is 0 Å². The number of hydrogen-bond acceptors (Lipinski definition) is 2. The maximum Gasteiger partial charge on any atom is 0.407 e. The summed E-state index contributed by atoms with van der Waals surface area (Å²) in [5, 5.41) is 9.84. The summed E-state index contributed by atoms with van der Waals surface area (Å²) in [7, 11) is 0. The first kappa shape index (κ1) is 18.3. The Morgan fingerprint density at radius 3 is 2.50 bits per heavy atom. The highest BCUT2D eigenvalue weighted by molar-refractivity contribution is 6.30. The van der Waals surface area contributed by atoms with Crippen molar-refractivity contribution in [2.24, 2.45) is 0 Å². The van der Waals surface area contributed by atoms with E-state index in [0.29, 0.717) is 31.2 Å². The van der Waals surface area contributed by atoms with Crippen molar-refractivity contribution in [2.45, 2.75) is 13.0 Å². The Bertz CT molecular complexity index is 848. The first-order valence-electron chi connectivity index (χ1n) is 8.59. The van der Waals surface area contributed by atoms with Crippen molar-refractivity contribution >= 4 is 17.7 Å². The third-order valence-electron chi connectivity index (χ3n) is 4.61. The predicted octanol–water partition coefficient (Wildman–Crippen LogP) is 4.04. The molecule has 4 nitrogen and oxygen atoms in total. The minimum Gasteiger partial charge on any atom is -0.465 e. The lowest BCUT2D eigenvalue weighted by Gasteiger charge is -2.36. The average molecular weight is 369 g/mol. The van der Waals surface area contributed by atoms with E-state index in [-0.39, 0.29) is 6.04 Å². The molecular weight excluding hydrogens is 348 g/mol. The van der Waals surface area contributed by atoms with Gasteiger partial charge in [0.1, 0.15) is 0 Å². The van der Waals surface area contributed by atoms with Crippen LogP contribution in [-0.2, 0) is 0 Å². The Hall–Kier alpha value is -2.48. The molecule has 0 saturated carbocycles. The molecule has 1 atom stereocenters. The zero-order valence-corrected chi connectivity index (χ0v) is 15.4. The van der Waals surface area contributed by atoms with Gasteiger partial charge in [0, 0.05) is 36.8 Å². The van der Waals surface area contributed by atoms with Crippen LogP contribution in [-0.4, -0.2) is 47.2 Å². The van der Waals surface area contributed by atoms with E-state index < -0.39 is 6.09 Å². The summed E-state index contributed by atoms with van der Waals surface area (Å²) in [5.41, 5.74) is 3.21. The number of nitrogens with zero attached hydrogens (tertiary/aromatic N) is 2. The van der Waals surface area contributed by atoms with Gasteiger partial charge in [0.15, 0.2) is 0 Å². The Kier molecular flexibility index (Phi) is 5.82. The summed E-state index contributed by atoms with van der Waals surface area (Å²) in [6, 6.07) is 15.6. The Morgan fingerprint density at radius 2 is 1.85 bits per heavy atom. The molecular formula is C21H21ClN2O2. The van der Waals surface area contributed by atoms with Gasteiger partial charge in [0.25, 0.3) is 0 Å². The number of carbonyl (C=O) groups is 1. The van der Waals surface area contributed by atoms with E-state index in [1.165, 1.54) is 10.5 Å². The first-order chi connectivity index (χ1) is 12.5. The molecule has 1 saturated heterocycles. The van der Waals surface area contributed by atoms with Crippen LogP contribution in [0.3, 0.4) is 0 Å². The summed E-state index contributed by atoms with van der Waals surface area (Å²) < 4.78 is 0. The van der Waals surface area contributed by atoms with Crippen LogP contribution in [0.15, 0.2) is 48.5 Å². The number of piperazine rings is 1. The second-order valence-electron chi connectivity index (χ2n) is 6.34. The summed E-state index contributed by atoms with van der Waals surface area (Å²) in [5.74, 6) is 6.62. The zero-order chi connectivity index (χ0) is 18.5. The minimum absolute atomic E-state index is 0.0777. The van der Waals surface area contributed by atoms with Gasteiger partial charge >= 0.3 is 6.09 Å². The topological polar surface area (TPSA) is 43.8 Å². The normalized spacial score (nSPS) is 15.8. The summed E-state index contributed by atoms with van der Waals surface area (Å²) in [6.07, 6.45) is -0.859. The number of hydrogen-bond donors (Lipinski definition) is 1. The molecule has 0 spiro atoms. The molecule has 26 heavy (non-hydrogen) atoms. The standard InChI is InChI=1S/C21H21ClN2O2/c1-16-5-2-3-8-19(16)20(10-9-17-6-4-7-18(22)15-17)23-11-13-24(14-12-23)21(25)26/h2-8,15,20H,11-14H2,1H3,(H,25,26). The van der Waals surface area contributed by atoms with Crippen molar-refractivity contribution in [3.8, 4) is 11.8 Å². The van der Waals surface area contributed by atoms with E-state index in [1.54, 1.807) is 0 Å². The molecule has 1 N–H and O–H groups in total. The van der Waals surface area contributed by atoms with E-state index in [1.807, 2.05) is 36.4 Å². The van der Waals surface area contributed by atoms with E-state index >= 15 is 0 Å². The second-order valence-corrected chi connectivity index (χ2v) is 6.78. The lowest BCUT2D eigenvalue weighted by Crippen LogP contribution is -2.49. The maximum atomic E-state index is 11.2. The fourth-order valence-corrected chi connectivity index (χ4v) is 3.34. The largest absolute Gasteiger partial charge is 0.465 e. The molecule has 0 aliphatic carbocycles. The number of rotatable bonds is 2. The molecule has 1 aliphatic heterocycles. The van der Waals surface area contributed by atoms with Gasteiger partial charge in [-0.05, 0) is 36.2 Å². The first-order valence-corrected chi connectivity index (χ1v) is 8.97.